The zero-order valence-corrected chi connectivity index (χ0v) is 25.8. The van der Waals surface area contributed by atoms with Crippen molar-refractivity contribution < 1.29 is 0 Å². The molecule has 0 saturated carbocycles. The van der Waals surface area contributed by atoms with Gasteiger partial charge in [0.2, 0.25) is 0 Å². The molecule has 0 bridgehead atoms. The summed E-state index contributed by atoms with van der Waals surface area (Å²) < 4.78 is 4.79. The number of rotatable bonds is 4. The van der Waals surface area contributed by atoms with Crippen LogP contribution in [0.4, 0.5) is 0 Å². The van der Waals surface area contributed by atoms with Gasteiger partial charge in [0.25, 0.3) is 0 Å². The van der Waals surface area contributed by atoms with Gasteiger partial charge in [-0.2, -0.15) is 0 Å². The Morgan fingerprint density at radius 3 is 1.62 bits per heavy atom. The van der Waals surface area contributed by atoms with Gasteiger partial charge in [0.15, 0.2) is 0 Å². The van der Waals surface area contributed by atoms with Crippen molar-refractivity contribution >= 4 is 54.4 Å². The van der Waals surface area contributed by atoms with E-state index in [0.29, 0.717) is 0 Å². The highest BCUT2D eigenvalue weighted by Crippen LogP contribution is 2.41. The molecule has 0 saturated heterocycles. The molecular weight excluding hydrogens is 587 g/mol. The van der Waals surface area contributed by atoms with E-state index in [2.05, 4.69) is 134 Å². The van der Waals surface area contributed by atoms with E-state index in [9.17, 15) is 0 Å². The third-order valence-electron chi connectivity index (χ3n) is 9.38. The average molecular weight is 614 g/mol. The second kappa shape index (κ2) is 10.5. The van der Waals surface area contributed by atoms with Gasteiger partial charge in [0.1, 0.15) is 0 Å². The number of benzene rings is 5. The lowest BCUT2D eigenvalue weighted by Crippen LogP contribution is -2.00. The summed E-state index contributed by atoms with van der Waals surface area (Å²) in [7, 11) is 0. The van der Waals surface area contributed by atoms with Gasteiger partial charge in [-0.25, -0.2) is 4.98 Å². The van der Waals surface area contributed by atoms with Crippen LogP contribution in [-0.2, 0) is 0 Å². The Hall–Kier alpha value is -6.59. The molecule has 0 amide bonds. The minimum atomic E-state index is 0.798. The van der Waals surface area contributed by atoms with Crippen molar-refractivity contribution in [3.8, 4) is 34.2 Å². The zero-order valence-electron chi connectivity index (χ0n) is 25.8. The summed E-state index contributed by atoms with van der Waals surface area (Å²) in [6, 6.07) is 53.5. The molecule has 0 radical (unpaired) electrons. The van der Waals surface area contributed by atoms with Gasteiger partial charge in [-0.05, 0) is 78.2 Å². The van der Waals surface area contributed by atoms with Crippen LogP contribution in [0.25, 0.3) is 88.5 Å². The number of aromatic nitrogens is 5. The molecule has 0 N–H and O–H groups in total. The van der Waals surface area contributed by atoms with Crippen LogP contribution >= 0.6 is 0 Å². The molecule has 10 aromatic rings. The van der Waals surface area contributed by atoms with E-state index in [1.165, 1.54) is 43.4 Å². The standard InChI is InChI=1S/C43H27N5/c1-2-12-29(13-3-1)47-40-18-6-5-15-32(40)35-24-28-20-21-33-31-14-4-7-19-41(31)48(43(33)34(28)27-42(35)47)30-25-38(36-16-8-10-22-44-36)46-39(26-30)37-17-9-11-23-45-37/h1-27H. The van der Waals surface area contributed by atoms with Gasteiger partial charge >= 0.3 is 0 Å². The van der Waals surface area contributed by atoms with Gasteiger partial charge in [0, 0.05) is 45.0 Å². The van der Waals surface area contributed by atoms with Gasteiger partial charge in [0.05, 0.1) is 50.5 Å². The Morgan fingerprint density at radius 2 is 0.958 bits per heavy atom. The van der Waals surface area contributed by atoms with Crippen LogP contribution in [0.15, 0.2) is 164 Å². The fourth-order valence-electron chi connectivity index (χ4n) is 7.31. The van der Waals surface area contributed by atoms with Crippen LogP contribution in [-0.4, -0.2) is 24.1 Å². The summed E-state index contributed by atoms with van der Waals surface area (Å²) >= 11 is 0. The quantitative estimate of drug-likeness (QED) is 0.198. The second-order valence-corrected chi connectivity index (χ2v) is 12.1. The van der Waals surface area contributed by atoms with E-state index in [0.717, 1.165) is 45.2 Å². The monoisotopic (exact) mass is 613 g/mol. The maximum Gasteiger partial charge on any atom is 0.0915 e. The van der Waals surface area contributed by atoms with Gasteiger partial charge in [-0.1, -0.05) is 78.9 Å². The molecule has 5 heteroatoms. The summed E-state index contributed by atoms with van der Waals surface area (Å²) in [5.74, 6) is 0. The molecule has 0 unspecified atom stereocenters. The largest absolute Gasteiger partial charge is 0.309 e. The topological polar surface area (TPSA) is 48.5 Å². The average Bonchev–Trinajstić information content (AvgIpc) is 3.67. The third-order valence-corrected chi connectivity index (χ3v) is 9.38. The minimum Gasteiger partial charge on any atom is -0.309 e. The predicted octanol–water partition coefficient (Wildman–Crippen LogP) is 10.6. The molecule has 10 rings (SSSR count). The van der Waals surface area contributed by atoms with Gasteiger partial charge in [-0.15, -0.1) is 0 Å². The maximum absolute atomic E-state index is 5.07. The summed E-state index contributed by atoms with van der Waals surface area (Å²) in [4.78, 5) is 14.4. The highest BCUT2D eigenvalue weighted by Gasteiger charge is 2.20. The van der Waals surface area contributed by atoms with Crippen LogP contribution in [0.3, 0.4) is 0 Å². The maximum atomic E-state index is 5.07. The van der Waals surface area contributed by atoms with E-state index < -0.39 is 0 Å². The van der Waals surface area contributed by atoms with Crippen molar-refractivity contribution in [3.05, 3.63) is 164 Å². The number of fused-ring (bicyclic) bond motifs is 8. The predicted molar refractivity (Wildman–Crippen MR) is 197 cm³/mol. The molecule has 0 aliphatic carbocycles. The van der Waals surface area contributed by atoms with Gasteiger partial charge in [-0.3, -0.25) is 9.97 Å². The van der Waals surface area contributed by atoms with Crippen LogP contribution in [0.5, 0.6) is 0 Å². The number of pyridine rings is 3. The Morgan fingerprint density at radius 1 is 0.354 bits per heavy atom. The molecule has 0 atom stereocenters. The summed E-state index contributed by atoms with van der Waals surface area (Å²) in [5.41, 5.74) is 10.0. The first-order valence-electron chi connectivity index (χ1n) is 16.1. The normalized spacial score (nSPS) is 11.8. The van der Waals surface area contributed by atoms with E-state index >= 15 is 0 Å². The van der Waals surface area contributed by atoms with Crippen LogP contribution in [0, 0.1) is 0 Å². The molecule has 0 aliphatic rings. The van der Waals surface area contributed by atoms with Crippen molar-refractivity contribution in [2.75, 3.05) is 0 Å². The lowest BCUT2D eigenvalue weighted by molar-refractivity contribution is 1.14. The Bertz CT molecular complexity index is 2760. The van der Waals surface area contributed by atoms with E-state index in [-0.39, 0.29) is 0 Å². The van der Waals surface area contributed by atoms with E-state index in [1.54, 1.807) is 0 Å². The zero-order chi connectivity index (χ0) is 31.6. The molecule has 5 aromatic heterocycles. The summed E-state index contributed by atoms with van der Waals surface area (Å²) in [5, 5.41) is 7.27. The molecule has 0 fully saturated rings. The number of hydrogen-bond acceptors (Lipinski definition) is 3. The van der Waals surface area contributed by atoms with Crippen molar-refractivity contribution in [1.82, 2.24) is 24.1 Å². The van der Waals surface area contributed by atoms with Crippen LogP contribution < -0.4 is 0 Å². The lowest BCUT2D eigenvalue weighted by Gasteiger charge is -2.14. The van der Waals surface area contributed by atoms with Crippen molar-refractivity contribution in [2.45, 2.75) is 0 Å². The number of hydrogen-bond donors (Lipinski definition) is 0. The minimum absolute atomic E-state index is 0.798. The van der Waals surface area contributed by atoms with Crippen LogP contribution in [0.1, 0.15) is 0 Å². The third kappa shape index (κ3) is 4.01. The molecule has 0 spiro atoms. The molecule has 0 aliphatic heterocycles. The summed E-state index contributed by atoms with van der Waals surface area (Å²) in [6.45, 7) is 0. The SMILES string of the molecule is c1ccc(-n2c3ccccc3c3cc4ccc5c6ccccc6n(-c6cc(-c7ccccn7)nc(-c7ccccn7)c6)c5c4cc32)cc1. The first kappa shape index (κ1) is 26.6. The van der Waals surface area contributed by atoms with Crippen molar-refractivity contribution in [3.63, 3.8) is 0 Å². The first-order chi connectivity index (χ1) is 23.8. The van der Waals surface area contributed by atoms with Crippen molar-refractivity contribution in [2.24, 2.45) is 0 Å². The van der Waals surface area contributed by atoms with Gasteiger partial charge < -0.3 is 9.13 Å². The Kier molecular flexibility index (Phi) is 5.81. The molecular formula is C43H27N5. The fourth-order valence-corrected chi connectivity index (χ4v) is 7.31. The second-order valence-electron chi connectivity index (χ2n) is 12.1. The molecule has 5 aromatic carbocycles. The van der Waals surface area contributed by atoms with Crippen LogP contribution in [0.2, 0.25) is 0 Å². The summed E-state index contributed by atoms with van der Waals surface area (Å²) in [6.07, 6.45) is 3.63. The Balaban J connectivity index is 1.35. The molecule has 224 valence electrons. The van der Waals surface area contributed by atoms with E-state index in [1.807, 2.05) is 48.8 Å². The molecule has 5 heterocycles. The van der Waals surface area contributed by atoms with Crippen molar-refractivity contribution in [1.29, 1.82) is 0 Å². The smallest absolute Gasteiger partial charge is 0.0915 e. The molecule has 48 heavy (non-hydrogen) atoms. The highest BCUT2D eigenvalue weighted by molar-refractivity contribution is 6.22. The lowest BCUT2D eigenvalue weighted by atomic mass is 10.0. The van der Waals surface area contributed by atoms with E-state index in [4.69, 9.17) is 4.98 Å². The Labute approximate surface area is 276 Å². The number of nitrogens with zero attached hydrogens (tertiary/aromatic N) is 5. The number of para-hydroxylation sites is 3. The first-order valence-corrected chi connectivity index (χ1v) is 16.1. The highest BCUT2D eigenvalue weighted by atomic mass is 15.0. The fraction of sp³-hybridized carbons (Fsp3) is 0. The molecule has 5 nitrogen and oxygen atoms in total.